The molecule has 0 heterocycles. The van der Waals surface area contributed by atoms with E-state index in [2.05, 4.69) is 31.2 Å². The van der Waals surface area contributed by atoms with Gasteiger partial charge in [-0.3, -0.25) is 0 Å². The summed E-state index contributed by atoms with van der Waals surface area (Å²) >= 11 is 5.32. The number of thiocarbonyl (C=S) groups is 1. The van der Waals surface area contributed by atoms with Crippen LogP contribution in [0.4, 0.5) is 0 Å². The molecule has 0 radical (unpaired) electrons. The summed E-state index contributed by atoms with van der Waals surface area (Å²) in [4.78, 5) is 0. The van der Waals surface area contributed by atoms with Crippen molar-refractivity contribution in [1.29, 1.82) is 0 Å². The zero-order valence-electron chi connectivity index (χ0n) is 10.1. The molecule has 16 heavy (non-hydrogen) atoms. The Morgan fingerprint density at radius 3 is 2.50 bits per heavy atom. The highest BCUT2D eigenvalue weighted by molar-refractivity contribution is 7.80. The van der Waals surface area contributed by atoms with E-state index < -0.39 is 0 Å². The Balaban J connectivity index is 2.60. The van der Waals surface area contributed by atoms with Crippen molar-refractivity contribution in [1.82, 2.24) is 0 Å². The molecular formula is C14H20OS. The van der Waals surface area contributed by atoms with Crippen LogP contribution in [0.2, 0.25) is 0 Å². The van der Waals surface area contributed by atoms with Gasteiger partial charge in [0.2, 0.25) is 0 Å². The number of hydrogen-bond acceptors (Lipinski definition) is 2. The Morgan fingerprint density at radius 2 is 1.94 bits per heavy atom. The molecular weight excluding hydrogens is 216 g/mol. The van der Waals surface area contributed by atoms with Crippen LogP contribution in [-0.4, -0.2) is 11.7 Å². The molecule has 0 saturated heterocycles. The quantitative estimate of drug-likeness (QED) is 0.690. The molecule has 0 aliphatic carbocycles. The van der Waals surface area contributed by atoms with Crippen molar-refractivity contribution in [3.8, 4) is 0 Å². The normalized spacial score (nSPS) is 12.1. The topological polar surface area (TPSA) is 9.23 Å². The van der Waals surface area contributed by atoms with Gasteiger partial charge in [-0.2, -0.15) is 0 Å². The molecule has 0 N–H and O–H groups in total. The summed E-state index contributed by atoms with van der Waals surface area (Å²) in [6, 6.07) is 10.5. The minimum absolute atomic E-state index is 0.377. The second-order valence-corrected chi connectivity index (χ2v) is 4.33. The van der Waals surface area contributed by atoms with Gasteiger partial charge in [0.25, 0.3) is 0 Å². The third-order valence-electron chi connectivity index (χ3n) is 2.58. The zero-order chi connectivity index (χ0) is 11.8. The van der Waals surface area contributed by atoms with E-state index in [-0.39, 0.29) is 0 Å². The first kappa shape index (κ1) is 13.2. The zero-order valence-corrected chi connectivity index (χ0v) is 10.9. The number of hydrogen-bond donors (Lipinski definition) is 0. The van der Waals surface area contributed by atoms with Crippen LogP contribution in [0.5, 0.6) is 0 Å². The SMILES string of the molecule is CCCC(Cc1ccccc1)C(=S)OCC. The van der Waals surface area contributed by atoms with Crippen molar-refractivity contribution < 1.29 is 4.74 Å². The summed E-state index contributed by atoms with van der Waals surface area (Å²) in [6.07, 6.45) is 3.24. The van der Waals surface area contributed by atoms with E-state index >= 15 is 0 Å². The Labute approximate surface area is 104 Å². The molecule has 0 aromatic heterocycles. The predicted octanol–water partition coefficient (Wildman–Crippen LogP) is 4.01. The number of rotatable bonds is 6. The average Bonchev–Trinajstić information content (AvgIpc) is 2.30. The Kier molecular flexibility index (Phi) is 6.09. The number of ether oxygens (including phenoxy) is 1. The fourth-order valence-corrected chi connectivity index (χ4v) is 2.13. The van der Waals surface area contributed by atoms with E-state index in [9.17, 15) is 0 Å². The molecule has 1 aromatic rings. The highest BCUT2D eigenvalue weighted by Gasteiger charge is 2.15. The van der Waals surface area contributed by atoms with Gasteiger partial charge < -0.3 is 4.74 Å². The fourth-order valence-electron chi connectivity index (χ4n) is 1.81. The average molecular weight is 236 g/mol. The first-order valence-corrected chi connectivity index (χ1v) is 6.39. The lowest BCUT2D eigenvalue weighted by Gasteiger charge is -2.17. The first-order valence-electron chi connectivity index (χ1n) is 5.98. The second kappa shape index (κ2) is 7.39. The van der Waals surface area contributed by atoms with Crippen molar-refractivity contribution in [2.24, 2.45) is 5.92 Å². The van der Waals surface area contributed by atoms with E-state index in [0.29, 0.717) is 12.5 Å². The molecule has 1 unspecified atom stereocenters. The summed E-state index contributed by atoms with van der Waals surface area (Å²) in [5.74, 6) is 0.377. The van der Waals surface area contributed by atoms with Gasteiger partial charge in [0.05, 0.1) is 6.61 Å². The van der Waals surface area contributed by atoms with E-state index in [1.54, 1.807) is 0 Å². The van der Waals surface area contributed by atoms with Crippen molar-refractivity contribution >= 4 is 17.3 Å². The maximum atomic E-state index is 5.46. The van der Waals surface area contributed by atoms with E-state index in [0.717, 1.165) is 24.3 Å². The Bertz CT molecular complexity index is 308. The molecule has 0 aliphatic heterocycles. The fraction of sp³-hybridized carbons (Fsp3) is 0.500. The van der Waals surface area contributed by atoms with E-state index in [1.165, 1.54) is 5.56 Å². The molecule has 1 aromatic carbocycles. The molecule has 0 saturated carbocycles. The maximum Gasteiger partial charge on any atom is 0.163 e. The lowest BCUT2D eigenvalue weighted by atomic mass is 9.96. The molecule has 88 valence electrons. The van der Waals surface area contributed by atoms with Gasteiger partial charge >= 0.3 is 0 Å². The molecule has 0 spiro atoms. The van der Waals surface area contributed by atoms with Gasteiger partial charge in [0.15, 0.2) is 5.05 Å². The van der Waals surface area contributed by atoms with Crippen molar-refractivity contribution in [2.75, 3.05) is 6.61 Å². The Hall–Kier alpha value is -0.890. The summed E-state index contributed by atoms with van der Waals surface area (Å²) in [5.41, 5.74) is 1.34. The maximum absolute atomic E-state index is 5.46. The van der Waals surface area contributed by atoms with E-state index in [4.69, 9.17) is 17.0 Å². The van der Waals surface area contributed by atoms with Crippen molar-refractivity contribution in [3.05, 3.63) is 35.9 Å². The largest absolute Gasteiger partial charge is 0.487 e. The van der Waals surface area contributed by atoms with Crippen molar-refractivity contribution in [2.45, 2.75) is 33.1 Å². The third-order valence-corrected chi connectivity index (χ3v) is 3.03. The summed E-state index contributed by atoms with van der Waals surface area (Å²) in [6.45, 7) is 4.85. The molecule has 0 fully saturated rings. The predicted molar refractivity (Wildman–Crippen MR) is 72.8 cm³/mol. The molecule has 0 aliphatic rings. The van der Waals surface area contributed by atoms with Gasteiger partial charge in [-0.15, -0.1) is 0 Å². The van der Waals surface area contributed by atoms with Crippen molar-refractivity contribution in [3.63, 3.8) is 0 Å². The lowest BCUT2D eigenvalue weighted by molar-refractivity contribution is 0.306. The second-order valence-electron chi connectivity index (χ2n) is 3.93. The molecule has 1 atom stereocenters. The first-order chi connectivity index (χ1) is 7.77. The molecule has 0 bridgehead atoms. The van der Waals surface area contributed by atoms with Gasteiger partial charge in [-0.1, -0.05) is 43.7 Å². The monoisotopic (exact) mass is 236 g/mol. The van der Waals surface area contributed by atoms with Gasteiger partial charge in [-0.25, -0.2) is 0 Å². The lowest BCUT2D eigenvalue weighted by Crippen LogP contribution is -2.18. The highest BCUT2D eigenvalue weighted by Crippen LogP contribution is 2.17. The van der Waals surface area contributed by atoms with Crippen LogP contribution in [0.3, 0.4) is 0 Å². The molecule has 0 amide bonds. The summed E-state index contributed by atoms with van der Waals surface area (Å²) < 4.78 is 5.46. The molecule has 1 rings (SSSR count). The van der Waals surface area contributed by atoms with Gasteiger partial charge in [-0.05, 0) is 37.5 Å². The van der Waals surface area contributed by atoms with Crippen LogP contribution < -0.4 is 0 Å². The highest BCUT2D eigenvalue weighted by atomic mass is 32.1. The smallest absolute Gasteiger partial charge is 0.163 e. The standard InChI is InChI=1S/C14H20OS/c1-3-8-13(14(16)15-4-2)11-12-9-6-5-7-10-12/h5-7,9-10,13H,3-4,8,11H2,1-2H3. The minimum atomic E-state index is 0.377. The minimum Gasteiger partial charge on any atom is -0.487 e. The van der Waals surface area contributed by atoms with Crippen LogP contribution in [0.15, 0.2) is 30.3 Å². The Morgan fingerprint density at radius 1 is 1.25 bits per heavy atom. The van der Waals surface area contributed by atoms with E-state index in [1.807, 2.05) is 13.0 Å². The van der Waals surface area contributed by atoms with Crippen LogP contribution in [-0.2, 0) is 11.2 Å². The van der Waals surface area contributed by atoms with Crippen LogP contribution >= 0.6 is 12.2 Å². The van der Waals surface area contributed by atoms with Crippen LogP contribution in [0.1, 0.15) is 32.3 Å². The van der Waals surface area contributed by atoms with Crippen LogP contribution in [0, 0.1) is 5.92 Å². The summed E-state index contributed by atoms with van der Waals surface area (Å²) in [5, 5.41) is 0.771. The number of benzene rings is 1. The van der Waals surface area contributed by atoms with Gasteiger partial charge in [0.1, 0.15) is 0 Å². The molecule has 1 nitrogen and oxygen atoms in total. The third kappa shape index (κ3) is 4.31. The van der Waals surface area contributed by atoms with Gasteiger partial charge in [0, 0.05) is 5.92 Å². The molecule has 2 heteroatoms. The summed E-state index contributed by atoms with van der Waals surface area (Å²) in [7, 11) is 0. The van der Waals surface area contributed by atoms with Crippen LogP contribution in [0.25, 0.3) is 0 Å².